The van der Waals surface area contributed by atoms with Crippen LogP contribution in [-0.4, -0.2) is 49.1 Å². The van der Waals surface area contributed by atoms with E-state index in [2.05, 4.69) is 9.97 Å². The molecule has 29 heavy (non-hydrogen) atoms. The predicted octanol–water partition coefficient (Wildman–Crippen LogP) is 2.42. The van der Waals surface area contributed by atoms with Gasteiger partial charge in [-0.15, -0.1) is 0 Å². The van der Waals surface area contributed by atoms with Crippen LogP contribution >= 0.6 is 11.6 Å². The third-order valence-corrected chi connectivity index (χ3v) is 5.63. The summed E-state index contributed by atoms with van der Waals surface area (Å²) in [5, 5.41) is 12.0. The lowest BCUT2D eigenvalue weighted by atomic mass is 9.91. The minimum Gasteiger partial charge on any atom is -0.388 e. The Morgan fingerprint density at radius 1 is 1.21 bits per heavy atom. The molecule has 0 saturated carbocycles. The van der Waals surface area contributed by atoms with E-state index >= 15 is 0 Å². The molecule has 3 aromatic rings. The minimum atomic E-state index is -1.08. The Morgan fingerprint density at radius 3 is 2.66 bits per heavy atom. The molecular weight excluding hydrogens is 392 g/mol. The summed E-state index contributed by atoms with van der Waals surface area (Å²) in [4.78, 5) is 35.5. The molecule has 1 fully saturated rings. The highest BCUT2D eigenvalue weighted by molar-refractivity contribution is 6.31. The Labute approximate surface area is 172 Å². The average Bonchev–Trinajstić information content (AvgIpc) is 2.71. The summed E-state index contributed by atoms with van der Waals surface area (Å²) >= 11 is 5.95. The number of nitrogens with zero attached hydrogens (tertiary/aromatic N) is 4. The highest BCUT2D eigenvalue weighted by atomic mass is 35.5. The van der Waals surface area contributed by atoms with Gasteiger partial charge in [-0.2, -0.15) is 0 Å². The maximum absolute atomic E-state index is 12.7. The van der Waals surface area contributed by atoms with Gasteiger partial charge in [-0.3, -0.25) is 19.1 Å². The second-order valence-electron chi connectivity index (χ2n) is 7.54. The van der Waals surface area contributed by atoms with Crippen LogP contribution < -0.4 is 5.56 Å². The molecule has 1 N–H and O–H groups in total. The van der Waals surface area contributed by atoms with Gasteiger partial charge in [0.05, 0.1) is 34.9 Å². The zero-order chi connectivity index (χ0) is 20.6. The van der Waals surface area contributed by atoms with Crippen molar-refractivity contribution >= 4 is 28.4 Å². The van der Waals surface area contributed by atoms with Crippen molar-refractivity contribution in [2.45, 2.75) is 31.9 Å². The fourth-order valence-corrected chi connectivity index (χ4v) is 3.79. The van der Waals surface area contributed by atoms with Gasteiger partial charge in [0.2, 0.25) is 0 Å². The number of benzene rings is 1. The van der Waals surface area contributed by atoms with Crippen LogP contribution in [0.15, 0.2) is 47.7 Å². The molecule has 0 unspecified atom stereocenters. The second-order valence-corrected chi connectivity index (χ2v) is 7.98. The van der Waals surface area contributed by atoms with Crippen molar-refractivity contribution in [3.05, 3.63) is 69.5 Å². The maximum Gasteiger partial charge on any atom is 0.261 e. The lowest BCUT2D eigenvalue weighted by Gasteiger charge is -2.38. The van der Waals surface area contributed by atoms with Gasteiger partial charge < -0.3 is 10.0 Å². The van der Waals surface area contributed by atoms with Crippen LogP contribution in [0.4, 0.5) is 0 Å². The third kappa shape index (κ3) is 4.02. The zero-order valence-electron chi connectivity index (χ0n) is 16.0. The van der Waals surface area contributed by atoms with Crippen molar-refractivity contribution < 1.29 is 9.90 Å². The topological polar surface area (TPSA) is 88.3 Å². The lowest BCUT2D eigenvalue weighted by molar-refractivity contribution is -0.0299. The van der Waals surface area contributed by atoms with Crippen LogP contribution in [0.25, 0.3) is 10.9 Å². The molecular formula is C21H21ClN4O3. The van der Waals surface area contributed by atoms with E-state index in [9.17, 15) is 14.7 Å². The number of carbonyl (C=O) groups is 1. The van der Waals surface area contributed by atoms with Crippen LogP contribution in [0.3, 0.4) is 0 Å². The first kappa shape index (κ1) is 19.5. The van der Waals surface area contributed by atoms with Gasteiger partial charge in [-0.05, 0) is 50.1 Å². The van der Waals surface area contributed by atoms with Crippen molar-refractivity contribution in [3.8, 4) is 0 Å². The molecule has 1 aromatic carbocycles. The predicted molar refractivity (Wildman–Crippen MR) is 110 cm³/mol. The van der Waals surface area contributed by atoms with E-state index in [0.717, 1.165) is 5.69 Å². The Bertz CT molecular complexity index is 1120. The zero-order valence-corrected chi connectivity index (χ0v) is 16.8. The SMILES string of the molecule is Cc1ccc(C(=O)N2CCC(O)(Cn3cnc4cc(Cl)ccc4c3=O)CC2)cn1. The molecule has 2 aromatic heterocycles. The first-order valence-corrected chi connectivity index (χ1v) is 9.81. The molecule has 0 spiro atoms. The van der Waals surface area contributed by atoms with Gasteiger partial charge in [0.25, 0.3) is 11.5 Å². The average molecular weight is 413 g/mol. The maximum atomic E-state index is 12.7. The fourth-order valence-electron chi connectivity index (χ4n) is 3.62. The summed E-state index contributed by atoms with van der Waals surface area (Å²) in [6, 6.07) is 8.50. The molecule has 0 atom stereocenters. The summed E-state index contributed by atoms with van der Waals surface area (Å²) in [5.74, 6) is -0.0963. The van der Waals surface area contributed by atoms with Crippen molar-refractivity contribution in [2.24, 2.45) is 0 Å². The van der Waals surface area contributed by atoms with Gasteiger partial charge >= 0.3 is 0 Å². The van der Waals surface area contributed by atoms with Crippen LogP contribution in [0.5, 0.6) is 0 Å². The Balaban J connectivity index is 1.47. The summed E-state index contributed by atoms with van der Waals surface area (Å²) in [5.41, 5.74) is 0.622. The molecule has 1 saturated heterocycles. The number of aliphatic hydroxyl groups is 1. The molecule has 8 heteroatoms. The minimum absolute atomic E-state index is 0.0963. The fraction of sp³-hybridized carbons (Fsp3) is 0.333. The normalized spacial score (nSPS) is 16.2. The highest BCUT2D eigenvalue weighted by Crippen LogP contribution is 2.25. The van der Waals surface area contributed by atoms with Crippen LogP contribution in [0, 0.1) is 6.92 Å². The Morgan fingerprint density at radius 2 is 1.97 bits per heavy atom. The van der Waals surface area contributed by atoms with Gasteiger partial charge in [0, 0.05) is 30.0 Å². The van der Waals surface area contributed by atoms with Crippen molar-refractivity contribution in [1.29, 1.82) is 0 Å². The number of fused-ring (bicyclic) bond motifs is 1. The standard InChI is InChI=1S/C21H21ClN4O3/c1-14-2-3-15(11-23-14)19(27)25-8-6-21(29,7-9-25)12-26-13-24-18-10-16(22)4-5-17(18)20(26)28/h2-5,10-11,13,29H,6-9,12H2,1H3. The number of hydrogen-bond acceptors (Lipinski definition) is 5. The van der Waals surface area contributed by atoms with E-state index in [1.807, 2.05) is 6.92 Å². The van der Waals surface area contributed by atoms with Crippen LogP contribution in [-0.2, 0) is 6.54 Å². The first-order chi connectivity index (χ1) is 13.8. The largest absolute Gasteiger partial charge is 0.388 e. The Kier molecular flexibility index (Phi) is 5.10. The molecule has 1 aliphatic heterocycles. The molecule has 0 aliphatic carbocycles. The molecule has 150 valence electrons. The second kappa shape index (κ2) is 7.57. The summed E-state index contributed by atoms with van der Waals surface area (Å²) < 4.78 is 1.43. The van der Waals surface area contributed by atoms with Gasteiger partial charge in [0.15, 0.2) is 0 Å². The Hall–Kier alpha value is -2.77. The van der Waals surface area contributed by atoms with E-state index in [-0.39, 0.29) is 18.0 Å². The van der Waals surface area contributed by atoms with E-state index in [1.54, 1.807) is 41.4 Å². The van der Waals surface area contributed by atoms with Crippen molar-refractivity contribution in [1.82, 2.24) is 19.4 Å². The molecule has 7 nitrogen and oxygen atoms in total. The number of piperidine rings is 1. The van der Waals surface area contributed by atoms with E-state index in [0.29, 0.717) is 47.4 Å². The van der Waals surface area contributed by atoms with E-state index < -0.39 is 5.60 Å². The summed E-state index contributed by atoms with van der Waals surface area (Å²) in [6.07, 6.45) is 3.77. The number of aryl methyl sites for hydroxylation is 1. The molecule has 4 rings (SSSR count). The van der Waals surface area contributed by atoms with E-state index in [1.165, 1.54) is 10.9 Å². The molecule has 0 radical (unpaired) electrons. The van der Waals surface area contributed by atoms with Gasteiger partial charge in [-0.25, -0.2) is 4.98 Å². The van der Waals surface area contributed by atoms with E-state index in [4.69, 9.17) is 11.6 Å². The molecule has 1 amide bonds. The smallest absolute Gasteiger partial charge is 0.261 e. The highest BCUT2D eigenvalue weighted by Gasteiger charge is 2.35. The molecule has 3 heterocycles. The number of rotatable bonds is 3. The summed E-state index contributed by atoms with van der Waals surface area (Å²) in [6.45, 7) is 2.82. The van der Waals surface area contributed by atoms with Gasteiger partial charge in [-0.1, -0.05) is 11.6 Å². The van der Waals surface area contributed by atoms with Crippen molar-refractivity contribution in [2.75, 3.05) is 13.1 Å². The third-order valence-electron chi connectivity index (χ3n) is 5.39. The van der Waals surface area contributed by atoms with Crippen LogP contribution in [0.1, 0.15) is 28.9 Å². The number of carbonyl (C=O) groups excluding carboxylic acids is 1. The molecule has 1 aliphatic rings. The first-order valence-electron chi connectivity index (χ1n) is 9.44. The number of aromatic nitrogens is 3. The number of likely N-dealkylation sites (tertiary alicyclic amines) is 1. The van der Waals surface area contributed by atoms with Crippen molar-refractivity contribution in [3.63, 3.8) is 0 Å². The number of pyridine rings is 1. The number of hydrogen-bond donors (Lipinski definition) is 1. The number of halogens is 1. The molecule has 0 bridgehead atoms. The quantitative estimate of drug-likeness (QED) is 0.713. The summed E-state index contributed by atoms with van der Waals surface area (Å²) in [7, 11) is 0. The van der Waals surface area contributed by atoms with Crippen LogP contribution in [0.2, 0.25) is 5.02 Å². The lowest BCUT2D eigenvalue weighted by Crippen LogP contribution is -2.49. The van der Waals surface area contributed by atoms with Gasteiger partial charge in [0.1, 0.15) is 0 Å². The monoisotopic (exact) mass is 412 g/mol. The number of amides is 1.